The standard InChI is InChI=1S/C18H18ClNO3S/c1-13-9-15(19)7-8-16(13)20-17(21)11-24-12-18(22)23-10-14-5-3-2-4-6-14/h2-9H,10-12H2,1H3,(H,20,21). The zero-order valence-corrected chi connectivity index (χ0v) is 14.8. The monoisotopic (exact) mass is 363 g/mol. The molecule has 0 fully saturated rings. The number of halogens is 1. The van der Waals surface area contributed by atoms with Gasteiger partial charge in [0, 0.05) is 10.7 Å². The highest BCUT2D eigenvalue weighted by atomic mass is 35.5. The zero-order valence-electron chi connectivity index (χ0n) is 13.3. The van der Waals surface area contributed by atoms with E-state index in [0.717, 1.165) is 16.8 Å². The van der Waals surface area contributed by atoms with E-state index in [0.29, 0.717) is 5.02 Å². The molecular weight excluding hydrogens is 346 g/mol. The molecule has 0 bridgehead atoms. The second-order valence-electron chi connectivity index (χ2n) is 5.15. The van der Waals surface area contributed by atoms with Crippen molar-refractivity contribution in [2.45, 2.75) is 13.5 Å². The van der Waals surface area contributed by atoms with Crippen molar-refractivity contribution in [3.63, 3.8) is 0 Å². The fourth-order valence-electron chi connectivity index (χ4n) is 1.96. The molecule has 24 heavy (non-hydrogen) atoms. The van der Waals surface area contributed by atoms with Gasteiger partial charge < -0.3 is 10.1 Å². The number of carbonyl (C=O) groups excluding carboxylic acids is 2. The minimum atomic E-state index is -0.334. The summed E-state index contributed by atoms with van der Waals surface area (Å²) in [6, 6.07) is 14.7. The van der Waals surface area contributed by atoms with E-state index in [1.807, 2.05) is 37.3 Å². The third-order valence-electron chi connectivity index (χ3n) is 3.16. The molecule has 0 saturated carbocycles. The van der Waals surface area contributed by atoms with Gasteiger partial charge >= 0.3 is 5.97 Å². The number of benzene rings is 2. The van der Waals surface area contributed by atoms with Crippen molar-refractivity contribution < 1.29 is 14.3 Å². The van der Waals surface area contributed by atoms with Gasteiger partial charge in [0.1, 0.15) is 6.61 Å². The summed E-state index contributed by atoms with van der Waals surface area (Å²) in [5.74, 6) is -0.178. The smallest absolute Gasteiger partial charge is 0.316 e. The molecule has 4 nitrogen and oxygen atoms in total. The number of hydrogen-bond acceptors (Lipinski definition) is 4. The molecule has 1 N–H and O–H groups in total. The molecule has 0 atom stereocenters. The lowest BCUT2D eigenvalue weighted by Gasteiger charge is -2.08. The number of amides is 1. The van der Waals surface area contributed by atoms with Crippen molar-refractivity contribution >= 4 is 40.9 Å². The second-order valence-corrected chi connectivity index (χ2v) is 6.57. The van der Waals surface area contributed by atoms with Crippen LogP contribution in [0.2, 0.25) is 5.02 Å². The van der Waals surface area contributed by atoms with Gasteiger partial charge in [-0.2, -0.15) is 0 Å². The number of rotatable bonds is 7. The molecule has 0 aliphatic rings. The van der Waals surface area contributed by atoms with Crippen LogP contribution in [0.5, 0.6) is 0 Å². The number of esters is 1. The summed E-state index contributed by atoms with van der Waals surface area (Å²) in [5.41, 5.74) is 2.55. The first-order valence-corrected chi connectivity index (χ1v) is 8.91. The number of hydrogen-bond donors (Lipinski definition) is 1. The van der Waals surface area contributed by atoms with Gasteiger partial charge in [-0.1, -0.05) is 41.9 Å². The number of thioether (sulfide) groups is 1. The maximum atomic E-state index is 11.9. The Morgan fingerprint density at radius 1 is 1.12 bits per heavy atom. The minimum Gasteiger partial charge on any atom is -0.460 e. The van der Waals surface area contributed by atoms with Gasteiger partial charge in [0.25, 0.3) is 0 Å². The van der Waals surface area contributed by atoms with E-state index < -0.39 is 0 Å². The SMILES string of the molecule is Cc1cc(Cl)ccc1NC(=O)CSCC(=O)OCc1ccccc1. The molecule has 0 aliphatic carbocycles. The predicted molar refractivity (Wildman–Crippen MR) is 98.4 cm³/mol. The van der Waals surface area contributed by atoms with Gasteiger partial charge in [-0.25, -0.2) is 0 Å². The van der Waals surface area contributed by atoms with Crippen molar-refractivity contribution in [2.75, 3.05) is 16.8 Å². The number of nitrogens with one attached hydrogen (secondary N) is 1. The topological polar surface area (TPSA) is 55.4 Å². The number of ether oxygens (including phenoxy) is 1. The van der Waals surface area contributed by atoms with E-state index in [-0.39, 0.29) is 30.0 Å². The van der Waals surface area contributed by atoms with E-state index in [4.69, 9.17) is 16.3 Å². The van der Waals surface area contributed by atoms with Gasteiger partial charge in [-0.15, -0.1) is 11.8 Å². The highest BCUT2D eigenvalue weighted by Gasteiger charge is 2.08. The lowest BCUT2D eigenvalue weighted by atomic mass is 10.2. The molecule has 1 amide bonds. The first-order chi connectivity index (χ1) is 11.5. The van der Waals surface area contributed by atoms with Crippen molar-refractivity contribution in [3.05, 3.63) is 64.7 Å². The van der Waals surface area contributed by atoms with Crippen molar-refractivity contribution in [2.24, 2.45) is 0 Å². The van der Waals surface area contributed by atoms with E-state index >= 15 is 0 Å². The van der Waals surface area contributed by atoms with E-state index in [1.165, 1.54) is 11.8 Å². The molecule has 126 valence electrons. The van der Waals surface area contributed by atoms with Crippen LogP contribution in [0.4, 0.5) is 5.69 Å². The van der Waals surface area contributed by atoms with Crippen LogP contribution in [0.25, 0.3) is 0 Å². The lowest BCUT2D eigenvalue weighted by molar-refractivity contribution is -0.141. The normalized spacial score (nSPS) is 10.2. The number of carbonyl (C=O) groups is 2. The average molecular weight is 364 g/mol. The van der Waals surface area contributed by atoms with Crippen molar-refractivity contribution in [3.8, 4) is 0 Å². The molecule has 2 aromatic rings. The molecule has 0 unspecified atom stereocenters. The van der Waals surface area contributed by atoms with Crippen LogP contribution in [0.15, 0.2) is 48.5 Å². The van der Waals surface area contributed by atoms with Crippen LogP contribution >= 0.6 is 23.4 Å². The number of aryl methyl sites for hydroxylation is 1. The third kappa shape index (κ3) is 6.26. The zero-order chi connectivity index (χ0) is 17.4. The van der Waals surface area contributed by atoms with Crippen molar-refractivity contribution in [1.82, 2.24) is 0 Å². The fourth-order valence-corrected chi connectivity index (χ4v) is 2.80. The molecular formula is C18H18ClNO3S. The van der Waals surface area contributed by atoms with Crippen LogP contribution in [-0.4, -0.2) is 23.4 Å². The summed E-state index contributed by atoms with van der Waals surface area (Å²) < 4.78 is 5.15. The summed E-state index contributed by atoms with van der Waals surface area (Å²) in [6.45, 7) is 2.12. The molecule has 0 aliphatic heterocycles. The van der Waals surface area contributed by atoms with Gasteiger partial charge in [0.2, 0.25) is 5.91 Å². The number of anilines is 1. The average Bonchev–Trinajstić information content (AvgIpc) is 2.56. The highest BCUT2D eigenvalue weighted by Crippen LogP contribution is 2.19. The van der Waals surface area contributed by atoms with Gasteiger partial charge in [-0.05, 0) is 36.2 Å². The van der Waals surface area contributed by atoms with Crippen LogP contribution < -0.4 is 5.32 Å². The summed E-state index contributed by atoms with van der Waals surface area (Å²) in [4.78, 5) is 23.6. The molecule has 0 spiro atoms. The molecule has 0 saturated heterocycles. The Morgan fingerprint density at radius 2 is 1.88 bits per heavy atom. The second kappa shape index (κ2) is 9.35. The summed E-state index contributed by atoms with van der Waals surface area (Å²) in [5, 5.41) is 3.42. The largest absolute Gasteiger partial charge is 0.460 e. The van der Waals surface area contributed by atoms with E-state index in [1.54, 1.807) is 18.2 Å². The quantitative estimate of drug-likeness (QED) is 0.753. The van der Waals surface area contributed by atoms with Gasteiger partial charge in [0.15, 0.2) is 0 Å². The molecule has 0 aromatic heterocycles. The summed E-state index contributed by atoms with van der Waals surface area (Å²) in [7, 11) is 0. The Hall–Kier alpha value is -1.98. The lowest BCUT2D eigenvalue weighted by Crippen LogP contribution is -2.16. The Balaban J connectivity index is 1.67. The Labute approximate surface area is 150 Å². The first-order valence-electron chi connectivity index (χ1n) is 7.38. The van der Waals surface area contributed by atoms with Crippen LogP contribution in [0.1, 0.15) is 11.1 Å². The molecule has 2 aromatic carbocycles. The molecule has 0 heterocycles. The van der Waals surface area contributed by atoms with E-state index in [2.05, 4.69) is 5.32 Å². The van der Waals surface area contributed by atoms with Crippen LogP contribution in [0, 0.1) is 6.92 Å². The maximum absolute atomic E-state index is 11.9. The third-order valence-corrected chi connectivity index (χ3v) is 4.30. The fraction of sp³-hybridized carbons (Fsp3) is 0.222. The predicted octanol–water partition coefficient (Wildman–Crippen LogP) is 4.06. The van der Waals surface area contributed by atoms with Gasteiger partial charge in [-0.3, -0.25) is 9.59 Å². The Bertz CT molecular complexity index is 707. The summed E-state index contributed by atoms with van der Waals surface area (Å²) in [6.07, 6.45) is 0. The molecule has 0 radical (unpaired) electrons. The van der Waals surface area contributed by atoms with Crippen LogP contribution in [0.3, 0.4) is 0 Å². The Morgan fingerprint density at radius 3 is 2.58 bits per heavy atom. The van der Waals surface area contributed by atoms with E-state index in [9.17, 15) is 9.59 Å². The molecule has 2 rings (SSSR count). The summed E-state index contributed by atoms with van der Waals surface area (Å²) >= 11 is 7.10. The van der Waals surface area contributed by atoms with Crippen LogP contribution in [-0.2, 0) is 20.9 Å². The Kier molecular flexibility index (Phi) is 7.15. The first kappa shape index (κ1) is 18.4. The van der Waals surface area contributed by atoms with Gasteiger partial charge in [0.05, 0.1) is 11.5 Å². The minimum absolute atomic E-state index is 0.139. The van der Waals surface area contributed by atoms with Crippen molar-refractivity contribution in [1.29, 1.82) is 0 Å². The molecule has 6 heteroatoms. The highest BCUT2D eigenvalue weighted by molar-refractivity contribution is 8.00. The maximum Gasteiger partial charge on any atom is 0.316 e.